The molecule has 0 bridgehead atoms. The van der Waals surface area contributed by atoms with E-state index in [0.29, 0.717) is 0 Å². The predicted octanol–water partition coefficient (Wildman–Crippen LogP) is 1.84. The SMILES string of the molecule is Cc1ccccc1S(=O)C(C)C(C)N. The van der Waals surface area contributed by atoms with Crippen molar-refractivity contribution < 1.29 is 4.21 Å². The zero-order valence-electron chi connectivity index (χ0n) is 8.86. The van der Waals surface area contributed by atoms with Gasteiger partial charge >= 0.3 is 0 Å². The van der Waals surface area contributed by atoms with Crippen molar-refractivity contribution in [2.45, 2.75) is 37.0 Å². The van der Waals surface area contributed by atoms with Crippen LogP contribution in [0, 0.1) is 6.92 Å². The summed E-state index contributed by atoms with van der Waals surface area (Å²) in [6.45, 7) is 5.79. The Labute approximate surface area is 88.0 Å². The summed E-state index contributed by atoms with van der Waals surface area (Å²) >= 11 is 0. The molecule has 0 aliphatic heterocycles. The van der Waals surface area contributed by atoms with Crippen molar-refractivity contribution in [3.63, 3.8) is 0 Å². The van der Waals surface area contributed by atoms with Crippen LogP contribution in [0.1, 0.15) is 19.4 Å². The van der Waals surface area contributed by atoms with Crippen molar-refractivity contribution in [2.24, 2.45) is 5.73 Å². The zero-order chi connectivity index (χ0) is 10.7. The fourth-order valence-electron chi connectivity index (χ4n) is 1.18. The largest absolute Gasteiger partial charge is 0.327 e. The van der Waals surface area contributed by atoms with Gasteiger partial charge in [-0.15, -0.1) is 0 Å². The lowest BCUT2D eigenvalue weighted by molar-refractivity contribution is 0.648. The predicted molar refractivity (Wildman–Crippen MR) is 60.7 cm³/mol. The van der Waals surface area contributed by atoms with Crippen LogP contribution in [0.3, 0.4) is 0 Å². The second kappa shape index (κ2) is 4.71. The number of nitrogens with two attached hydrogens (primary N) is 1. The highest BCUT2D eigenvalue weighted by atomic mass is 32.2. The molecular formula is C11H17NOS. The summed E-state index contributed by atoms with van der Waals surface area (Å²) in [5.41, 5.74) is 6.80. The monoisotopic (exact) mass is 211 g/mol. The summed E-state index contributed by atoms with van der Waals surface area (Å²) in [6.07, 6.45) is 0. The summed E-state index contributed by atoms with van der Waals surface area (Å²) in [5.74, 6) is 0. The minimum atomic E-state index is -0.995. The third-order valence-electron chi connectivity index (χ3n) is 2.39. The van der Waals surface area contributed by atoms with Crippen LogP contribution >= 0.6 is 0 Å². The molecule has 1 rings (SSSR count). The standard InChI is InChI=1S/C11H17NOS/c1-8-6-4-5-7-11(8)14(13)10(3)9(2)12/h4-7,9-10H,12H2,1-3H3. The Morgan fingerprint density at radius 2 is 1.86 bits per heavy atom. The van der Waals surface area contributed by atoms with Crippen molar-refractivity contribution in [1.29, 1.82) is 0 Å². The van der Waals surface area contributed by atoms with Crippen LogP contribution in [-0.2, 0) is 10.8 Å². The molecular weight excluding hydrogens is 194 g/mol. The molecule has 0 aromatic heterocycles. The molecule has 0 amide bonds. The van der Waals surface area contributed by atoms with Crippen molar-refractivity contribution >= 4 is 10.8 Å². The van der Waals surface area contributed by atoms with E-state index in [4.69, 9.17) is 5.73 Å². The van der Waals surface area contributed by atoms with Crippen LogP contribution in [0.5, 0.6) is 0 Å². The zero-order valence-corrected chi connectivity index (χ0v) is 9.67. The van der Waals surface area contributed by atoms with Gasteiger partial charge in [-0.2, -0.15) is 0 Å². The molecule has 0 fully saturated rings. The van der Waals surface area contributed by atoms with Crippen molar-refractivity contribution in [3.05, 3.63) is 29.8 Å². The van der Waals surface area contributed by atoms with Crippen molar-refractivity contribution in [3.8, 4) is 0 Å². The Morgan fingerprint density at radius 1 is 1.29 bits per heavy atom. The van der Waals surface area contributed by atoms with Crippen molar-refractivity contribution in [2.75, 3.05) is 0 Å². The fourth-order valence-corrected chi connectivity index (χ4v) is 2.57. The highest BCUT2D eigenvalue weighted by molar-refractivity contribution is 7.85. The Morgan fingerprint density at radius 3 is 2.36 bits per heavy atom. The molecule has 3 heteroatoms. The quantitative estimate of drug-likeness (QED) is 0.829. The smallest absolute Gasteiger partial charge is 0.0576 e. The molecule has 2 N–H and O–H groups in total. The molecule has 3 unspecified atom stereocenters. The van der Waals surface area contributed by atoms with E-state index >= 15 is 0 Å². The van der Waals surface area contributed by atoms with Crippen molar-refractivity contribution in [1.82, 2.24) is 0 Å². The molecule has 0 saturated carbocycles. The third-order valence-corrected chi connectivity index (χ3v) is 4.38. The summed E-state index contributed by atoms with van der Waals surface area (Å²) < 4.78 is 12.0. The van der Waals surface area contributed by atoms with E-state index in [2.05, 4.69) is 0 Å². The molecule has 0 saturated heterocycles. The average molecular weight is 211 g/mol. The van der Waals surface area contributed by atoms with Gasteiger partial charge in [-0.05, 0) is 32.4 Å². The molecule has 78 valence electrons. The highest BCUT2D eigenvalue weighted by Crippen LogP contribution is 2.16. The van der Waals surface area contributed by atoms with Gasteiger partial charge in [0, 0.05) is 10.9 Å². The molecule has 0 spiro atoms. The first-order chi connectivity index (χ1) is 6.54. The first-order valence-corrected chi connectivity index (χ1v) is 5.97. The molecule has 1 aromatic rings. The third kappa shape index (κ3) is 2.42. The lowest BCUT2D eigenvalue weighted by Crippen LogP contribution is -2.32. The van der Waals surface area contributed by atoms with Gasteiger partial charge < -0.3 is 5.73 Å². The van der Waals surface area contributed by atoms with E-state index in [1.54, 1.807) is 0 Å². The van der Waals surface area contributed by atoms with Gasteiger partial charge in [-0.1, -0.05) is 18.2 Å². The number of rotatable bonds is 3. The Hall–Kier alpha value is -0.670. The molecule has 0 heterocycles. The summed E-state index contributed by atoms with van der Waals surface area (Å²) in [4.78, 5) is 0.900. The summed E-state index contributed by atoms with van der Waals surface area (Å²) in [7, 11) is -0.995. The Bertz CT molecular complexity index is 336. The average Bonchev–Trinajstić information content (AvgIpc) is 2.16. The van der Waals surface area contributed by atoms with Crippen LogP contribution < -0.4 is 5.73 Å². The number of aryl methyl sites for hydroxylation is 1. The van der Waals surface area contributed by atoms with E-state index in [0.717, 1.165) is 10.5 Å². The minimum Gasteiger partial charge on any atom is -0.327 e. The van der Waals surface area contributed by atoms with Gasteiger partial charge in [0.1, 0.15) is 0 Å². The van der Waals surface area contributed by atoms with Crippen LogP contribution in [-0.4, -0.2) is 15.5 Å². The fraction of sp³-hybridized carbons (Fsp3) is 0.455. The highest BCUT2D eigenvalue weighted by Gasteiger charge is 2.18. The summed E-state index contributed by atoms with van der Waals surface area (Å²) in [6, 6.07) is 7.70. The normalized spacial score (nSPS) is 17.4. The van der Waals surface area contributed by atoms with Crippen LogP contribution in [0.2, 0.25) is 0 Å². The van der Waals surface area contributed by atoms with Crippen LogP contribution in [0.15, 0.2) is 29.2 Å². The molecule has 2 nitrogen and oxygen atoms in total. The molecule has 3 atom stereocenters. The Kier molecular flexibility index (Phi) is 3.84. The molecule has 0 aliphatic carbocycles. The number of hydrogen-bond donors (Lipinski definition) is 1. The first-order valence-electron chi connectivity index (χ1n) is 4.76. The van der Waals surface area contributed by atoms with Gasteiger partial charge in [-0.25, -0.2) is 0 Å². The van der Waals surface area contributed by atoms with Gasteiger partial charge in [0.05, 0.1) is 16.0 Å². The van der Waals surface area contributed by atoms with E-state index in [9.17, 15) is 4.21 Å². The number of hydrogen-bond acceptors (Lipinski definition) is 2. The van der Waals surface area contributed by atoms with E-state index in [-0.39, 0.29) is 11.3 Å². The number of benzene rings is 1. The van der Waals surface area contributed by atoms with Gasteiger partial charge in [-0.3, -0.25) is 4.21 Å². The lowest BCUT2D eigenvalue weighted by Gasteiger charge is -2.16. The maximum atomic E-state index is 12.0. The van der Waals surface area contributed by atoms with E-state index in [1.807, 2.05) is 45.0 Å². The molecule has 14 heavy (non-hydrogen) atoms. The topological polar surface area (TPSA) is 43.1 Å². The molecule has 0 radical (unpaired) electrons. The maximum absolute atomic E-state index is 12.0. The Balaban J connectivity index is 2.95. The van der Waals surface area contributed by atoms with Gasteiger partial charge in [0.15, 0.2) is 0 Å². The van der Waals surface area contributed by atoms with Crippen LogP contribution in [0.4, 0.5) is 0 Å². The first kappa shape index (κ1) is 11.4. The maximum Gasteiger partial charge on any atom is 0.0576 e. The molecule has 1 aromatic carbocycles. The second-order valence-electron chi connectivity index (χ2n) is 3.63. The summed E-state index contributed by atoms with van der Waals surface area (Å²) in [5, 5.41) is -0.00361. The van der Waals surface area contributed by atoms with Crippen LogP contribution in [0.25, 0.3) is 0 Å². The second-order valence-corrected chi connectivity index (χ2v) is 5.41. The van der Waals surface area contributed by atoms with Gasteiger partial charge in [0.2, 0.25) is 0 Å². The lowest BCUT2D eigenvalue weighted by atomic mass is 10.2. The van der Waals surface area contributed by atoms with E-state index in [1.165, 1.54) is 0 Å². The van der Waals surface area contributed by atoms with E-state index < -0.39 is 10.8 Å². The minimum absolute atomic E-state index is 0.00361. The van der Waals surface area contributed by atoms with Gasteiger partial charge in [0.25, 0.3) is 0 Å². The molecule has 0 aliphatic rings.